The molecule has 1 aliphatic rings. The zero-order chi connectivity index (χ0) is 17.9. The molecule has 2 N–H and O–H groups in total. The van der Waals surface area contributed by atoms with Crippen molar-refractivity contribution in [2.75, 3.05) is 25.0 Å². The third kappa shape index (κ3) is 3.60. The average Bonchev–Trinajstić information content (AvgIpc) is 3.08. The summed E-state index contributed by atoms with van der Waals surface area (Å²) in [4.78, 5) is 22.5. The van der Waals surface area contributed by atoms with E-state index in [2.05, 4.69) is 15.2 Å². The van der Waals surface area contributed by atoms with E-state index in [0.29, 0.717) is 0 Å². The molecular weight excluding hydrogens is 331 g/mol. The number of para-hydroxylation sites is 3. The van der Waals surface area contributed by atoms with Gasteiger partial charge in [-0.2, -0.15) is 0 Å². The van der Waals surface area contributed by atoms with Crippen LogP contribution in [0.3, 0.4) is 0 Å². The molecule has 1 amide bonds. The first-order chi connectivity index (χ1) is 12.7. The number of carbonyl (C=O) groups is 1. The largest absolute Gasteiger partial charge is 0.342 e. The third-order valence-electron chi connectivity index (χ3n) is 4.82. The molecule has 26 heavy (non-hydrogen) atoms. The van der Waals surface area contributed by atoms with Crippen LogP contribution < -0.4 is 5.32 Å². The van der Waals surface area contributed by atoms with Gasteiger partial charge in [0.15, 0.2) is 0 Å². The van der Waals surface area contributed by atoms with Gasteiger partial charge in [0, 0.05) is 12.5 Å². The van der Waals surface area contributed by atoms with E-state index < -0.39 is 5.82 Å². The van der Waals surface area contributed by atoms with Crippen molar-refractivity contribution >= 4 is 22.6 Å². The lowest BCUT2D eigenvalue weighted by molar-refractivity contribution is -0.117. The second-order valence-corrected chi connectivity index (χ2v) is 6.74. The molecule has 1 unspecified atom stereocenters. The van der Waals surface area contributed by atoms with Gasteiger partial charge in [0.05, 0.1) is 23.3 Å². The maximum absolute atomic E-state index is 13.7. The SMILES string of the molecule is O=C(CN1CCCC(c2nc3ccccc3[nH]2)C1)Nc1ccccc1F. The number of hydrogen-bond acceptors (Lipinski definition) is 3. The highest BCUT2D eigenvalue weighted by atomic mass is 19.1. The van der Waals surface area contributed by atoms with Crippen LogP contribution in [-0.4, -0.2) is 40.4 Å². The number of nitrogens with one attached hydrogen (secondary N) is 2. The van der Waals surface area contributed by atoms with Crippen molar-refractivity contribution in [3.63, 3.8) is 0 Å². The topological polar surface area (TPSA) is 61.0 Å². The lowest BCUT2D eigenvalue weighted by atomic mass is 9.97. The molecule has 0 aliphatic carbocycles. The minimum absolute atomic E-state index is 0.194. The summed E-state index contributed by atoms with van der Waals surface area (Å²) in [6.45, 7) is 1.89. The summed E-state index contributed by atoms with van der Waals surface area (Å²) in [6, 6.07) is 14.2. The highest BCUT2D eigenvalue weighted by Crippen LogP contribution is 2.26. The van der Waals surface area contributed by atoms with E-state index in [0.717, 1.165) is 42.8 Å². The molecule has 5 nitrogen and oxygen atoms in total. The van der Waals surface area contributed by atoms with E-state index in [4.69, 9.17) is 4.98 Å². The Kier molecular flexibility index (Phi) is 4.67. The number of aromatic amines is 1. The van der Waals surface area contributed by atoms with Gasteiger partial charge >= 0.3 is 0 Å². The molecule has 1 aromatic heterocycles. The van der Waals surface area contributed by atoms with Crippen LogP contribution in [-0.2, 0) is 4.79 Å². The lowest BCUT2D eigenvalue weighted by Gasteiger charge is -2.31. The zero-order valence-corrected chi connectivity index (χ0v) is 14.4. The molecule has 0 spiro atoms. The quantitative estimate of drug-likeness (QED) is 0.755. The number of imidazole rings is 1. The van der Waals surface area contributed by atoms with Gasteiger partial charge < -0.3 is 10.3 Å². The van der Waals surface area contributed by atoms with E-state index in [1.54, 1.807) is 18.2 Å². The summed E-state index contributed by atoms with van der Waals surface area (Å²) < 4.78 is 13.7. The second-order valence-electron chi connectivity index (χ2n) is 6.74. The Labute approximate surface area is 151 Å². The van der Waals surface area contributed by atoms with Crippen LogP contribution in [0.4, 0.5) is 10.1 Å². The number of fused-ring (bicyclic) bond motifs is 1. The predicted molar refractivity (Wildman–Crippen MR) is 99.5 cm³/mol. The Morgan fingerprint density at radius 2 is 2.04 bits per heavy atom. The molecule has 6 heteroatoms. The van der Waals surface area contributed by atoms with Crippen molar-refractivity contribution in [2.24, 2.45) is 0 Å². The number of carbonyl (C=O) groups excluding carboxylic acids is 1. The highest BCUT2D eigenvalue weighted by Gasteiger charge is 2.25. The number of amides is 1. The van der Waals surface area contributed by atoms with Crippen LogP contribution in [0.1, 0.15) is 24.6 Å². The number of aromatic nitrogens is 2. The molecular formula is C20H21FN4O. The number of benzene rings is 2. The lowest BCUT2D eigenvalue weighted by Crippen LogP contribution is -2.40. The van der Waals surface area contributed by atoms with Crippen LogP contribution in [0.2, 0.25) is 0 Å². The van der Waals surface area contributed by atoms with Gasteiger partial charge in [0.2, 0.25) is 5.91 Å². The number of halogens is 1. The number of nitrogens with zero attached hydrogens (tertiary/aromatic N) is 2. The standard InChI is InChI=1S/C20H21FN4O/c21-15-7-1-2-8-16(15)22-19(26)13-25-11-5-6-14(12-25)20-23-17-9-3-4-10-18(17)24-20/h1-4,7-10,14H,5-6,11-13H2,(H,22,26)(H,23,24). The molecule has 3 aromatic rings. The minimum Gasteiger partial charge on any atom is -0.342 e. The molecule has 2 aromatic carbocycles. The van der Waals surface area contributed by atoms with Crippen molar-refractivity contribution in [1.82, 2.24) is 14.9 Å². The second kappa shape index (κ2) is 7.25. The fraction of sp³-hybridized carbons (Fsp3) is 0.300. The number of rotatable bonds is 4. The summed E-state index contributed by atoms with van der Waals surface area (Å²) in [6.07, 6.45) is 2.06. The molecule has 1 fully saturated rings. The number of piperidine rings is 1. The smallest absolute Gasteiger partial charge is 0.238 e. The number of H-pyrrole nitrogens is 1. The summed E-state index contributed by atoms with van der Waals surface area (Å²) in [7, 11) is 0. The summed E-state index contributed by atoms with van der Waals surface area (Å²) in [5, 5.41) is 2.65. The van der Waals surface area contributed by atoms with Crippen molar-refractivity contribution in [2.45, 2.75) is 18.8 Å². The molecule has 2 heterocycles. The van der Waals surface area contributed by atoms with Gasteiger partial charge in [-0.3, -0.25) is 9.69 Å². The van der Waals surface area contributed by atoms with Crippen molar-refractivity contribution in [3.05, 3.63) is 60.2 Å². The zero-order valence-electron chi connectivity index (χ0n) is 14.4. The maximum Gasteiger partial charge on any atom is 0.238 e. The van der Waals surface area contributed by atoms with Gasteiger partial charge in [0.1, 0.15) is 11.6 Å². The van der Waals surface area contributed by atoms with Gasteiger partial charge in [-0.05, 0) is 43.7 Å². The molecule has 0 saturated carbocycles. The molecule has 0 bridgehead atoms. The van der Waals surface area contributed by atoms with Gasteiger partial charge in [-0.1, -0.05) is 24.3 Å². The molecule has 1 atom stereocenters. The predicted octanol–water partition coefficient (Wildman–Crippen LogP) is 3.52. The van der Waals surface area contributed by atoms with E-state index in [9.17, 15) is 9.18 Å². The monoisotopic (exact) mass is 352 g/mol. The van der Waals surface area contributed by atoms with Crippen LogP contribution in [0.25, 0.3) is 11.0 Å². The Morgan fingerprint density at radius 1 is 1.23 bits per heavy atom. The van der Waals surface area contributed by atoms with Crippen molar-refractivity contribution < 1.29 is 9.18 Å². The summed E-state index contributed by atoms with van der Waals surface area (Å²) in [5.74, 6) is 0.642. The Bertz CT molecular complexity index is 890. The fourth-order valence-corrected chi connectivity index (χ4v) is 3.54. The Morgan fingerprint density at radius 3 is 2.88 bits per heavy atom. The molecule has 1 saturated heterocycles. The Balaban J connectivity index is 1.40. The summed E-state index contributed by atoms with van der Waals surface area (Å²) in [5.41, 5.74) is 2.23. The first-order valence-corrected chi connectivity index (χ1v) is 8.90. The minimum atomic E-state index is -0.417. The molecule has 1 aliphatic heterocycles. The van der Waals surface area contributed by atoms with Gasteiger partial charge in [0.25, 0.3) is 0 Å². The van der Waals surface area contributed by atoms with Crippen LogP contribution in [0.5, 0.6) is 0 Å². The van der Waals surface area contributed by atoms with E-state index in [1.807, 2.05) is 24.3 Å². The van der Waals surface area contributed by atoms with E-state index in [-0.39, 0.29) is 24.1 Å². The van der Waals surface area contributed by atoms with Crippen LogP contribution in [0.15, 0.2) is 48.5 Å². The number of anilines is 1. The fourth-order valence-electron chi connectivity index (χ4n) is 3.54. The number of likely N-dealkylation sites (tertiary alicyclic amines) is 1. The summed E-state index contributed by atoms with van der Waals surface area (Å²) >= 11 is 0. The molecule has 134 valence electrons. The van der Waals surface area contributed by atoms with E-state index >= 15 is 0 Å². The molecule has 0 radical (unpaired) electrons. The Hall–Kier alpha value is -2.73. The average molecular weight is 352 g/mol. The first-order valence-electron chi connectivity index (χ1n) is 8.90. The normalized spacial score (nSPS) is 18.1. The third-order valence-corrected chi connectivity index (χ3v) is 4.82. The van der Waals surface area contributed by atoms with Gasteiger partial charge in [-0.25, -0.2) is 9.37 Å². The van der Waals surface area contributed by atoms with E-state index in [1.165, 1.54) is 6.07 Å². The van der Waals surface area contributed by atoms with Crippen LogP contribution >= 0.6 is 0 Å². The van der Waals surface area contributed by atoms with Crippen LogP contribution in [0, 0.1) is 5.82 Å². The number of hydrogen-bond donors (Lipinski definition) is 2. The van der Waals surface area contributed by atoms with Gasteiger partial charge in [-0.15, -0.1) is 0 Å². The van der Waals surface area contributed by atoms with Crippen molar-refractivity contribution in [3.8, 4) is 0 Å². The maximum atomic E-state index is 13.7. The highest BCUT2D eigenvalue weighted by molar-refractivity contribution is 5.92. The van der Waals surface area contributed by atoms with Crippen molar-refractivity contribution in [1.29, 1.82) is 0 Å². The molecule has 4 rings (SSSR count). The first kappa shape index (κ1) is 16.7.